The highest BCUT2D eigenvalue weighted by Crippen LogP contribution is 2.33. The molecule has 0 radical (unpaired) electrons. The predicted molar refractivity (Wildman–Crippen MR) is 163 cm³/mol. The molecule has 0 fully saturated rings. The molecule has 0 N–H and O–H groups in total. The third kappa shape index (κ3) is 4.85. The van der Waals surface area contributed by atoms with E-state index < -0.39 is 0 Å². The molecular weight excluding hydrogens is 492 g/mol. The Morgan fingerprint density at radius 1 is 1.07 bits per heavy atom. The number of fused-ring (bicyclic) bond motifs is 3. The maximum atomic E-state index is 9.60. The second kappa shape index (κ2) is 10.4. The maximum Gasteiger partial charge on any atom is 0.227 e. The molecule has 0 atom stereocenters. The minimum absolute atomic E-state index is 0.0225. The molecule has 40 heavy (non-hydrogen) atoms. The summed E-state index contributed by atoms with van der Waals surface area (Å²) in [6.07, 6.45) is 9.88. The first-order chi connectivity index (χ1) is 19.1. The first kappa shape index (κ1) is 26.8. The summed E-state index contributed by atoms with van der Waals surface area (Å²) in [7, 11) is 4.01. The van der Waals surface area contributed by atoms with E-state index in [4.69, 9.17) is 4.42 Å². The van der Waals surface area contributed by atoms with Crippen LogP contribution in [0.3, 0.4) is 0 Å². The molecule has 0 spiro atoms. The summed E-state index contributed by atoms with van der Waals surface area (Å²) < 4.78 is 10.5. The van der Waals surface area contributed by atoms with Crippen LogP contribution in [0.15, 0.2) is 84.1 Å². The van der Waals surface area contributed by atoms with Crippen LogP contribution < -0.4 is 4.57 Å². The van der Waals surface area contributed by atoms with Crippen molar-refractivity contribution in [1.29, 1.82) is 5.26 Å². The minimum Gasteiger partial charge on any atom is -0.437 e. The van der Waals surface area contributed by atoms with Gasteiger partial charge < -0.3 is 4.42 Å². The molecule has 0 amide bonds. The van der Waals surface area contributed by atoms with Crippen LogP contribution in [0.25, 0.3) is 45.6 Å². The van der Waals surface area contributed by atoms with Gasteiger partial charge in [-0.15, -0.1) is 0 Å². The van der Waals surface area contributed by atoms with Crippen molar-refractivity contribution in [3.05, 3.63) is 107 Å². The van der Waals surface area contributed by atoms with Gasteiger partial charge in [-0.1, -0.05) is 39.5 Å². The largest absolute Gasteiger partial charge is 0.437 e. The highest BCUT2D eigenvalue weighted by atomic mass is 16.3. The third-order valence-corrected chi connectivity index (χ3v) is 7.29. The van der Waals surface area contributed by atoms with Gasteiger partial charge in [-0.2, -0.15) is 9.83 Å². The van der Waals surface area contributed by atoms with E-state index in [1.807, 2.05) is 55.1 Å². The Bertz CT molecular complexity index is 1890. The molecule has 2 aromatic carbocycles. The number of hydrogen-bond donors (Lipinski definition) is 0. The molecule has 5 aromatic rings. The summed E-state index contributed by atoms with van der Waals surface area (Å²) in [4.78, 5) is 4.45. The number of nitrogens with zero attached hydrogens (tertiary/aromatic N) is 4. The van der Waals surface area contributed by atoms with Crippen molar-refractivity contribution < 1.29 is 13.6 Å². The van der Waals surface area contributed by atoms with Gasteiger partial charge in [0.1, 0.15) is 14.1 Å². The van der Waals surface area contributed by atoms with Crippen molar-refractivity contribution in [3.63, 3.8) is 0 Å². The van der Waals surface area contributed by atoms with E-state index in [-0.39, 0.29) is 5.41 Å². The van der Waals surface area contributed by atoms with Crippen LogP contribution in [0.5, 0.6) is 0 Å². The van der Waals surface area contributed by atoms with Crippen LogP contribution in [0.2, 0.25) is 0 Å². The van der Waals surface area contributed by atoms with Crippen molar-refractivity contribution in [2.24, 2.45) is 0 Å². The maximum absolute atomic E-state index is 9.60. The number of hydrogen-bond acceptors (Lipinski definition) is 3. The van der Waals surface area contributed by atoms with E-state index in [0.717, 1.165) is 50.0 Å². The fourth-order valence-corrected chi connectivity index (χ4v) is 5.05. The molecule has 3 aromatic heterocycles. The summed E-state index contributed by atoms with van der Waals surface area (Å²) in [5.74, 6) is 0. The molecule has 0 aliphatic heterocycles. The third-order valence-electron chi connectivity index (χ3n) is 7.29. The van der Waals surface area contributed by atoms with E-state index >= 15 is 0 Å². The number of benzene rings is 2. The molecule has 5 rings (SSSR count). The van der Waals surface area contributed by atoms with Gasteiger partial charge in [0.05, 0.1) is 22.8 Å². The van der Waals surface area contributed by atoms with Crippen molar-refractivity contribution in [2.75, 3.05) is 14.1 Å². The van der Waals surface area contributed by atoms with Gasteiger partial charge in [0.15, 0.2) is 18.0 Å². The van der Waals surface area contributed by atoms with Crippen molar-refractivity contribution in [1.82, 2.24) is 4.98 Å². The smallest absolute Gasteiger partial charge is 0.227 e. The van der Waals surface area contributed by atoms with E-state index in [0.29, 0.717) is 11.3 Å². The standard InChI is InChI=1S/C35H34N4O/c1-8-30(38(6)7)32-25(13-14-27-28-10-9-17-37-34(28)40-33(27)32)15-18-39-19-16-26(35(3,4)5)21-31(39)29-20-24(22-36)12-11-23(29)2/h8-21H,1H2,2-7H3/q+2/b18-15-. The molecule has 0 unspecified atom stereocenters. The summed E-state index contributed by atoms with van der Waals surface area (Å²) in [5, 5.41) is 11.6. The van der Waals surface area contributed by atoms with Crippen LogP contribution in [0, 0.1) is 18.3 Å². The lowest BCUT2D eigenvalue weighted by atomic mass is 9.86. The van der Waals surface area contributed by atoms with Crippen LogP contribution in [0.1, 0.15) is 48.6 Å². The zero-order valence-corrected chi connectivity index (χ0v) is 24.0. The highest BCUT2D eigenvalue weighted by Gasteiger charge is 2.24. The van der Waals surface area contributed by atoms with Gasteiger partial charge in [-0.25, -0.2) is 9.56 Å². The molecule has 0 saturated heterocycles. The summed E-state index contributed by atoms with van der Waals surface area (Å²) in [5.41, 5.74) is 9.31. The Balaban J connectivity index is 1.75. The zero-order chi connectivity index (χ0) is 28.6. The minimum atomic E-state index is -0.0225. The molecule has 0 aliphatic rings. The van der Waals surface area contributed by atoms with Crippen LogP contribution in [0.4, 0.5) is 0 Å². The lowest BCUT2D eigenvalue weighted by Crippen LogP contribution is -2.30. The lowest BCUT2D eigenvalue weighted by Gasteiger charge is -2.19. The molecule has 198 valence electrons. The topological polar surface area (TPSA) is 56.7 Å². The van der Waals surface area contributed by atoms with Crippen LogP contribution >= 0.6 is 0 Å². The van der Waals surface area contributed by atoms with Crippen molar-refractivity contribution >= 4 is 40.1 Å². The van der Waals surface area contributed by atoms with Gasteiger partial charge in [0.2, 0.25) is 17.1 Å². The van der Waals surface area contributed by atoms with Crippen molar-refractivity contribution in [2.45, 2.75) is 33.1 Å². The average Bonchev–Trinajstić information content (AvgIpc) is 3.31. The monoisotopic (exact) mass is 526 g/mol. The van der Waals surface area contributed by atoms with Gasteiger partial charge in [0, 0.05) is 41.3 Å². The Morgan fingerprint density at radius 3 is 2.58 bits per heavy atom. The summed E-state index contributed by atoms with van der Waals surface area (Å²) >= 11 is 0. The second-order valence-corrected chi connectivity index (χ2v) is 11.3. The lowest BCUT2D eigenvalue weighted by molar-refractivity contribution is -0.555. The predicted octanol–water partition coefficient (Wildman–Crippen LogP) is 7.29. The van der Waals surface area contributed by atoms with E-state index in [2.05, 4.69) is 92.6 Å². The number of pyridine rings is 2. The molecular formula is C35H34N4O+2. The number of furan rings is 1. The first-order valence-corrected chi connectivity index (χ1v) is 13.3. The number of aryl methyl sites for hydroxylation is 1. The Kier molecular flexibility index (Phi) is 6.95. The molecule has 3 heterocycles. The van der Waals surface area contributed by atoms with Crippen LogP contribution in [-0.4, -0.2) is 29.4 Å². The fourth-order valence-electron chi connectivity index (χ4n) is 5.05. The number of nitriles is 1. The quantitative estimate of drug-likeness (QED) is 0.178. The van der Waals surface area contributed by atoms with Gasteiger partial charge in [0.25, 0.3) is 0 Å². The first-order valence-electron chi connectivity index (χ1n) is 13.3. The molecule has 0 aliphatic carbocycles. The Hall–Kier alpha value is -4.82. The molecule has 5 heteroatoms. The average molecular weight is 527 g/mol. The highest BCUT2D eigenvalue weighted by molar-refractivity contribution is 6.18. The normalized spacial score (nSPS) is 11.7. The van der Waals surface area contributed by atoms with Gasteiger partial charge in [-0.05, 0) is 59.4 Å². The molecule has 0 bridgehead atoms. The molecule has 0 saturated carbocycles. The van der Waals surface area contributed by atoms with Gasteiger partial charge in [-0.3, -0.25) is 0 Å². The SMILES string of the molecule is C=CC(c1c(/C=C\[n+]2ccc(C(C)(C)C)cc2-c2cc(C#N)ccc2C)ccc2c1oc1ncccc12)=[N+](C)C. The Labute approximate surface area is 235 Å². The van der Waals surface area contributed by atoms with E-state index in [1.54, 1.807) is 6.20 Å². The van der Waals surface area contributed by atoms with Gasteiger partial charge >= 0.3 is 0 Å². The van der Waals surface area contributed by atoms with Crippen LogP contribution in [-0.2, 0) is 5.41 Å². The molecule has 5 nitrogen and oxygen atoms in total. The zero-order valence-electron chi connectivity index (χ0n) is 24.0. The number of rotatable bonds is 5. The number of aromatic nitrogens is 2. The second-order valence-electron chi connectivity index (χ2n) is 11.3. The van der Waals surface area contributed by atoms with E-state index in [9.17, 15) is 5.26 Å². The Morgan fingerprint density at radius 2 is 1.88 bits per heavy atom. The summed E-state index contributed by atoms with van der Waals surface area (Å²) in [6, 6.07) is 20.7. The number of allylic oxidation sites excluding steroid dienone is 1. The van der Waals surface area contributed by atoms with E-state index in [1.165, 1.54) is 5.56 Å². The summed E-state index contributed by atoms with van der Waals surface area (Å²) in [6.45, 7) is 12.8. The van der Waals surface area contributed by atoms with Crippen molar-refractivity contribution in [3.8, 4) is 17.3 Å². The fraction of sp³-hybridized carbons (Fsp3) is 0.200.